The minimum Gasteiger partial charge on any atom is -0.487 e. The largest absolute Gasteiger partial charge is 0.487 e. The van der Waals surface area contributed by atoms with Crippen molar-refractivity contribution in [2.75, 3.05) is 37.3 Å². The van der Waals surface area contributed by atoms with Gasteiger partial charge in [0.2, 0.25) is 0 Å². The topological polar surface area (TPSA) is 53.8 Å². The number of anilines is 1. The summed E-state index contributed by atoms with van der Waals surface area (Å²) in [7, 11) is 1.81. The molecule has 0 unspecified atom stereocenters. The van der Waals surface area contributed by atoms with Gasteiger partial charge < -0.3 is 14.7 Å². The van der Waals surface area contributed by atoms with Gasteiger partial charge in [0, 0.05) is 38.9 Å². The molecule has 0 atom stereocenters. The zero-order chi connectivity index (χ0) is 17.8. The second kappa shape index (κ2) is 8.44. The Kier molecular flexibility index (Phi) is 6.27. The Morgan fingerprint density at radius 3 is 2.44 bits per heavy atom. The predicted molar refractivity (Wildman–Crippen MR) is 105 cm³/mol. The van der Waals surface area contributed by atoms with Gasteiger partial charge >= 0.3 is 0 Å². The molecular weight excluding hydrogens is 404 g/mol. The third kappa shape index (κ3) is 4.31. The smallest absolute Gasteiger partial charge is 0.133 e. The summed E-state index contributed by atoms with van der Waals surface area (Å²) in [5, 5.41) is 13.7. The second-order valence-corrected chi connectivity index (χ2v) is 7.54. The Morgan fingerprint density at radius 1 is 1.20 bits per heavy atom. The molecule has 8 heteroatoms. The Bertz CT molecular complexity index is 699. The van der Waals surface area contributed by atoms with Gasteiger partial charge in [0.05, 0.1) is 16.8 Å². The van der Waals surface area contributed by atoms with Gasteiger partial charge in [-0.05, 0) is 46.5 Å². The van der Waals surface area contributed by atoms with E-state index in [1.807, 2.05) is 31.1 Å². The summed E-state index contributed by atoms with van der Waals surface area (Å²) < 4.78 is 10.7. The maximum absolute atomic E-state index is 9.34. The molecule has 1 N–H and O–H groups in total. The number of halogens is 1. The minimum absolute atomic E-state index is 0.0530. The molecule has 0 saturated carbocycles. The monoisotopic (exact) mass is 426 g/mol. The number of benzene rings is 1. The van der Waals surface area contributed by atoms with E-state index in [0.29, 0.717) is 6.61 Å². The molecule has 3 rings (SSSR count). The molecule has 2 aromatic rings. The first-order chi connectivity index (χ1) is 12.1. The van der Waals surface area contributed by atoms with Crippen LogP contribution in [-0.2, 0) is 20.3 Å². The van der Waals surface area contributed by atoms with E-state index in [1.54, 1.807) is 4.68 Å². The average molecular weight is 427 g/mol. The van der Waals surface area contributed by atoms with Gasteiger partial charge in [-0.1, -0.05) is 11.9 Å². The van der Waals surface area contributed by atoms with E-state index >= 15 is 0 Å². The van der Waals surface area contributed by atoms with Crippen molar-refractivity contribution in [2.45, 2.75) is 13.2 Å². The van der Waals surface area contributed by atoms with Crippen LogP contribution in [0.3, 0.4) is 0 Å². The fourth-order valence-corrected chi connectivity index (χ4v) is 4.00. The van der Waals surface area contributed by atoms with Crippen LogP contribution in [0.2, 0.25) is 0 Å². The standard InChI is InChI=1S/C17H23BrN4O2S/c1-20-16(11-23)17(18)15(19-20)12-24-14-5-3-13(4-6-14)21-7-9-22(25-2)10-8-21/h3-6,23H,7-12H2,1-2H3. The van der Waals surface area contributed by atoms with Crippen molar-refractivity contribution in [1.82, 2.24) is 14.1 Å². The normalized spacial score (nSPS) is 15.6. The Balaban J connectivity index is 1.58. The number of nitrogens with zero attached hydrogens (tertiary/aromatic N) is 4. The molecule has 0 spiro atoms. The molecule has 1 fully saturated rings. The lowest BCUT2D eigenvalue weighted by Gasteiger charge is -2.34. The first-order valence-corrected chi connectivity index (χ1v) is 10.2. The molecule has 1 aliphatic rings. The summed E-state index contributed by atoms with van der Waals surface area (Å²) in [5.74, 6) is 0.814. The zero-order valence-corrected chi connectivity index (χ0v) is 16.9. The number of aromatic nitrogens is 2. The predicted octanol–water partition coefficient (Wildman–Crippen LogP) is 2.65. The highest BCUT2D eigenvalue weighted by atomic mass is 79.9. The molecule has 1 saturated heterocycles. The third-order valence-electron chi connectivity index (χ3n) is 4.39. The molecule has 0 bridgehead atoms. The lowest BCUT2D eigenvalue weighted by Crippen LogP contribution is -2.43. The Morgan fingerprint density at radius 2 is 1.88 bits per heavy atom. The molecule has 0 aliphatic carbocycles. The van der Waals surface area contributed by atoms with E-state index in [2.05, 4.69) is 48.6 Å². The van der Waals surface area contributed by atoms with E-state index in [9.17, 15) is 5.11 Å². The van der Waals surface area contributed by atoms with Crippen LogP contribution in [0.4, 0.5) is 5.69 Å². The quantitative estimate of drug-likeness (QED) is 0.716. The number of hydrogen-bond acceptors (Lipinski definition) is 6. The zero-order valence-electron chi connectivity index (χ0n) is 14.5. The van der Waals surface area contributed by atoms with Gasteiger partial charge in [0.15, 0.2) is 0 Å². The highest BCUT2D eigenvalue weighted by Gasteiger charge is 2.17. The summed E-state index contributed by atoms with van der Waals surface area (Å²) in [6.45, 7) is 4.57. The molecule has 1 aromatic heterocycles. The molecule has 6 nitrogen and oxygen atoms in total. The summed E-state index contributed by atoms with van der Waals surface area (Å²) in [5.41, 5.74) is 2.76. The fourth-order valence-electron chi connectivity index (χ4n) is 2.89. The van der Waals surface area contributed by atoms with Crippen molar-refractivity contribution < 1.29 is 9.84 Å². The van der Waals surface area contributed by atoms with Crippen LogP contribution >= 0.6 is 27.9 Å². The first-order valence-electron chi connectivity index (χ1n) is 8.20. The highest BCUT2D eigenvalue weighted by molar-refractivity contribution is 9.10. The number of aryl methyl sites for hydroxylation is 1. The number of hydrogen-bond donors (Lipinski definition) is 1. The van der Waals surface area contributed by atoms with E-state index in [4.69, 9.17) is 4.74 Å². The van der Waals surface area contributed by atoms with Crippen LogP contribution in [0.15, 0.2) is 28.7 Å². The summed E-state index contributed by atoms with van der Waals surface area (Å²) in [6, 6.07) is 8.22. The number of aliphatic hydroxyl groups excluding tert-OH is 1. The lowest BCUT2D eigenvalue weighted by atomic mass is 10.2. The van der Waals surface area contributed by atoms with E-state index in [1.165, 1.54) is 5.69 Å². The van der Waals surface area contributed by atoms with Crippen molar-refractivity contribution in [3.05, 3.63) is 40.1 Å². The fraction of sp³-hybridized carbons (Fsp3) is 0.471. The maximum atomic E-state index is 9.34. The van der Waals surface area contributed by atoms with Gasteiger partial charge in [0.25, 0.3) is 0 Å². The van der Waals surface area contributed by atoms with Crippen molar-refractivity contribution in [2.24, 2.45) is 7.05 Å². The van der Waals surface area contributed by atoms with Gasteiger partial charge in [-0.3, -0.25) is 4.68 Å². The van der Waals surface area contributed by atoms with Crippen LogP contribution in [0.5, 0.6) is 5.75 Å². The van der Waals surface area contributed by atoms with Gasteiger partial charge in [-0.25, -0.2) is 4.31 Å². The van der Waals surface area contributed by atoms with Crippen LogP contribution in [0, 0.1) is 0 Å². The molecule has 2 heterocycles. The molecule has 0 amide bonds. The summed E-state index contributed by atoms with van der Waals surface area (Å²) in [6.07, 6.45) is 2.13. The number of aliphatic hydroxyl groups is 1. The van der Waals surface area contributed by atoms with Crippen LogP contribution in [-0.4, -0.2) is 51.6 Å². The van der Waals surface area contributed by atoms with Gasteiger partial charge in [-0.2, -0.15) is 5.10 Å². The van der Waals surface area contributed by atoms with Crippen LogP contribution < -0.4 is 9.64 Å². The number of piperazine rings is 1. The molecule has 0 radical (unpaired) electrons. The lowest BCUT2D eigenvalue weighted by molar-refractivity contribution is 0.270. The van der Waals surface area contributed by atoms with Gasteiger partial charge in [-0.15, -0.1) is 0 Å². The van der Waals surface area contributed by atoms with Crippen molar-refractivity contribution in [1.29, 1.82) is 0 Å². The van der Waals surface area contributed by atoms with E-state index < -0.39 is 0 Å². The van der Waals surface area contributed by atoms with E-state index in [0.717, 1.165) is 47.8 Å². The summed E-state index contributed by atoms with van der Waals surface area (Å²) >= 11 is 5.29. The molecule has 136 valence electrons. The Labute approximate surface area is 161 Å². The average Bonchev–Trinajstić information content (AvgIpc) is 2.93. The van der Waals surface area contributed by atoms with Crippen molar-refractivity contribution in [3.63, 3.8) is 0 Å². The van der Waals surface area contributed by atoms with E-state index in [-0.39, 0.29) is 6.61 Å². The molecule has 1 aliphatic heterocycles. The first kappa shape index (κ1) is 18.6. The van der Waals surface area contributed by atoms with Gasteiger partial charge in [0.1, 0.15) is 18.1 Å². The summed E-state index contributed by atoms with van der Waals surface area (Å²) in [4.78, 5) is 2.40. The van der Waals surface area contributed by atoms with Crippen molar-refractivity contribution >= 4 is 33.6 Å². The Hall–Kier alpha value is -1.22. The molecular formula is C17H23BrN4O2S. The number of rotatable bonds is 6. The maximum Gasteiger partial charge on any atom is 0.133 e. The van der Waals surface area contributed by atoms with Crippen molar-refractivity contribution in [3.8, 4) is 5.75 Å². The van der Waals surface area contributed by atoms with Crippen LogP contribution in [0.25, 0.3) is 0 Å². The second-order valence-electron chi connectivity index (χ2n) is 5.87. The number of ether oxygens (including phenoxy) is 1. The third-order valence-corrected chi connectivity index (χ3v) is 6.19. The SMILES string of the molecule is CSN1CCN(c2ccc(OCc3nn(C)c(CO)c3Br)cc2)CC1. The minimum atomic E-state index is -0.0530. The highest BCUT2D eigenvalue weighted by Crippen LogP contribution is 2.25. The molecule has 25 heavy (non-hydrogen) atoms. The van der Waals surface area contributed by atoms with Crippen LogP contribution in [0.1, 0.15) is 11.4 Å². The molecule has 1 aromatic carbocycles.